The van der Waals surface area contributed by atoms with Gasteiger partial charge in [0.25, 0.3) is 0 Å². The third-order valence-electron chi connectivity index (χ3n) is 2.87. The highest BCUT2D eigenvalue weighted by Gasteiger charge is 2.16. The minimum atomic E-state index is -0.397. The van der Waals surface area contributed by atoms with Gasteiger partial charge >= 0.3 is 0 Å². The second-order valence-electron chi connectivity index (χ2n) is 4.16. The SMILES string of the molecule is COc1ccccc1C(CN)Oc1ccc(Br)c(F)c1. The summed E-state index contributed by atoms with van der Waals surface area (Å²) >= 11 is 3.11. The van der Waals surface area contributed by atoms with Crippen molar-refractivity contribution >= 4 is 15.9 Å². The summed E-state index contributed by atoms with van der Waals surface area (Å²) in [5.74, 6) is 0.742. The van der Waals surface area contributed by atoms with Crippen LogP contribution in [0.3, 0.4) is 0 Å². The molecule has 3 nitrogen and oxygen atoms in total. The molecule has 0 amide bonds. The van der Waals surface area contributed by atoms with Crippen LogP contribution in [0.1, 0.15) is 11.7 Å². The minimum absolute atomic E-state index is 0.262. The smallest absolute Gasteiger partial charge is 0.141 e. The summed E-state index contributed by atoms with van der Waals surface area (Å²) < 4.78 is 24.9. The lowest BCUT2D eigenvalue weighted by Crippen LogP contribution is -2.19. The van der Waals surface area contributed by atoms with Gasteiger partial charge in [0.1, 0.15) is 23.4 Å². The largest absolute Gasteiger partial charge is 0.496 e. The Hall–Kier alpha value is -1.59. The summed E-state index contributed by atoms with van der Waals surface area (Å²) in [6.07, 6.45) is -0.397. The van der Waals surface area contributed by atoms with Crippen LogP contribution in [0.5, 0.6) is 11.5 Å². The first-order chi connectivity index (χ1) is 9.65. The van der Waals surface area contributed by atoms with Gasteiger partial charge in [-0.2, -0.15) is 0 Å². The molecule has 2 aromatic rings. The van der Waals surface area contributed by atoms with Gasteiger partial charge in [0.15, 0.2) is 0 Å². The zero-order valence-corrected chi connectivity index (χ0v) is 12.6. The van der Waals surface area contributed by atoms with Gasteiger partial charge in [-0.15, -0.1) is 0 Å². The quantitative estimate of drug-likeness (QED) is 0.903. The number of ether oxygens (including phenoxy) is 2. The fourth-order valence-corrected chi connectivity index (χ4v) is 2.13. The first-order valence-corrected chi connectivity index (χ1v) is 6.89. The molecule has 0 heterocycles. The van der Waals surface area contributed by atoms with Crippen molar-refractivity contribution in [3.63, 3.8) is 0 Å². The highest BCUT2D eigenvalue weighted by Crippen LogP contribution is 2.29. The topological polar surface area (TPSA) is 44.5 Å². The number of hydrogen-bond acceptors (Lipinski definition) is 3. The average molecular weight is 340 g/mol. The fourth-order valence-electron chi connectivity index (χ4n) is 1.89. The van der Waals surface area contributed by atoms with Crippen molar-refractivity contribution in [1.29, 1.82) is 0 Å². The highest BCUT2D eigenvalue weighted by atomic mass is 79.9. The molecule has 0 radical (unpaired) electrons. The van der Waals surface area contributed by atoms with Crippen LogP contribution in [0.2, 0.25) is 0 Å². The molecule has 0 aliphatic heterocycles. The fraction of sp³-hybridized carbons (Fsp3) is 0.200. The normalized spacial score (nSPS) is 12.0. The minimum Gasteiger partial charge on any atom is -0.496 e. The van der Waals surface area contributed by atoms with Crippen LogP contribution in [0, 0.1) is 5.82 Å². The molecule has 2 rings (SSSR count). The average Bonchev–Trinajstić information content (AvgIpc) is 2.48. The Morgan fingerprint density at radius 3 is 2.65 bits per heavy atom. The van der Waals surface area contributed by atoms with Gasteiger partial charge in [0.2, 0.25) is 0 Å². The van der Waals surface area contributed by atoms with E-state index in [0.29, 0.717) is 16.0 Å². The number of rotatable bonds is 5. The van der Waals surface area contributed by atoms with E-state index in [1.54, 1.807) is 19.2 Å². The van der Waals surface area contributed by atoms with Crippen LogP contribution in [-0.4, -0.2) is 13.7 Å². The molecule has 2 aromatic carbocycles. The van der Waals surface area contributed by atoms with Crippen molar-refractivity contribution in [2.24, 2.45) is 5.73 Å². The van der Waals surface area contributed by atoms with E-state index >= 15 is 0 Å². The van der Waals surface area contributed by atoms with E-state index in [-0.39, 0.29) is 12.4 Å². The Balaban J connectivity index is 2.26. The number of para-hydroxylation sites is 1. The van der Waals surface area contributed by atoms with Crippen LogP contribution in [0.25, 0.3) is 0 Å². The first-order valence-electron chi connectivity index (χ1n) is 6.10. The van der Waals surface area contributed by atoms with Crippen molar-refractivity contribution < 1.29 is 13.9 Å². The van der Waals surface area contributed by atoms with Gasteiger partial charge < -0.3 is 15.2 Å². The van der Waals surface area contributed by atoms with E-state index in [9.17, 15) is 4.39 Å². The van der Waals surface area contributed by atoms with E-state index in [1.807, 2.05) is 24.3 Å². The number of methoxy groups -OCH3 is 1. The highest BCUT2D eigenvalue weighted by molar-refractivity contribution is 9.10. The van der Waals surface area contributed by atoms with Crippen LogP contribution in [-0.2, 0) is 0 Å². The number of halogens is 2. The lowest BCUT2D eigenvalue weighted by atomic mass is 10.1. The van der Waals surface area contributed by atoms with Crippen LogP contribution >= 0.6 is 15.9 Å². The van der Waals surface area contributed by atoms with Crippen LogP contribution in [0.15, 0.2) is 46.9 Å². The van der Waals surface area contributed by atoms with Crippen LogP contribution < -0.4 is 15.2 Å². The molecule has 5 heteroatoms. The van der Waals surface area contributed by atoms with Gasteiger partial charge in [-0.05, 0) is 34.1 Å². The Kier molecular flexibility index (Phi) is 4.98. The van der Waals surface area contributed by atoms with E-state index in [0.717, 1.165) is 5.56 Å². The lowest BCUT2D eigenvalue weighted by molar-refractivity contribution is 0.208. The van der Waals surface area contributed by atoms with E-state index in [1.165, 1.54) is 6.07 Å². The molecule has 106 valence electrons. The number of nitrogens with two attached hydrogens (primary N) is 1. The second-order valence-corrected chi connectivity index (χ2v) is 5.01. The molecule has 0 aliphatic rings. The molecule has 0 fully saturated rings. The molecule has 20 heavy (non-hydrogen) atoms. The zero-order chi connectivity index (χ0) is 14.5. The molecule has 0 aromatic heterocycles. The number of hydrogen-bond donors (Lipinski definition) is 1. The Bertz CT molecular complexity index is 592. The molecular weight excluding hydrogens is 325 g/mol. The Morgan fingerprint density at radius 2 is 2.00 bits per heavy atom. The molecule has 0 aliphatic carbocycles. The molecule has 0 spiro atoms. The molecule has 2 N–H and O–H groups in total. The second kappa shape index (κ2) is 6.72. The monoisotopic (exact) mass is 339 g/mol. The molecule has 0 saturated heterocycles. The maximum atomic E-state index is 13.5. The molecule has 0 saturated carbocycles. The molecule has 0 bridgehead atoms. The predicted molar refractivity (Wildman–Crippen MR) is 79.5 cm³/mol. The molecule has 1 unspecified atom stereocenters. The van der Waals surface area contributed by atoms with Gasteiger partial charge in [0.05, 0.1) is 11.6 Å². The van der Waals surface area contributed by atoms with Gasteiger partial charge in [-0.1, -0.05) is 18.2 Å². The predicted octanol–water partition coefficient (Wildman–Crippen LogP) is 3.68. The van der Waals surface area contributed by atoms with Crippen molar-refractivity contribution in [3.05, 3.63) is 58.3 Å². The Morgan fingerprint density at radius 1 is 1.25 bits per heavy atom. The van der Waals surface area contributed by atoms with E-state index in [2.05, 4.69) is 15.9 Å². The molecule has 1 atom stereocenters. The standard InChI is InChI=1S/C15H15BrFNO2/c1-19-14-5-3-2-4-11(14)15(9-18)20-10-6-7-12(16)13(17)8-10/h2-8,15H,9,18H2,1H3. The van der Waals surface area contributed by atoms with E-state index in [4.69, 9.17) is 15.2 Å². The van der Waals surface area contributed by atoms with Gasteiger partial charge in [-0.25, -0.2) is 4.39 Å². The van der Waals surface area contributed by atoms with Crippen molar-refractivity contribution in [2.75, 3.05) is 13.7 Å². The first kappa shape index (κ1) is 14.8. The van der Waals surface area contributed by atoms with E-state index < -0.39 is 6.10 Å². The van der Waals surface area contributed by atoms with Gasteiger partial charge in [0, 0.05) is 18.2 Å². The van der Waals surface area contributed by atoms with Crippen molar-refractivity contribution in [2.45, 2.75) is 6.10 Å². The Labute approximate surface area is 125 Å². The third-order valence-corrected chi connectivity index (χ3v) is 3.51. The van der Waals surface area contributed by atoms with Crippen molar-refractivity contribution in [3.8, 4) is 11.5 Å². The number of benzene rings is 2. The van der Waals surface area contributed by atoms with Crippen LogP contribution in [0.4, 0.5) is 4.39 Å². The summed E-state index contributed by atoms with van der Waals surface area (Å²) in [5, 5.41) is 0. The zero-order valence-electron chi connectivity index (χ0n) is 11.0. The maximum absolute atomic E-state index is 13.5. The molecular formula is C15H15BrFNO2. The summed E-state index contributed by atoms with van der Waals surface area (Å²) in [6.45, 7) is 0.262. The maximum Gasteiger partial charge on any atom is 0.141 e. The summed E-state index contributed by atoms with van der Waals surface area (Å²) in [6, 6.07) is 12.1. The van der Waals surface area contributed by atoms with Crippen molar-refractivity contribution in [1.82, 2.24) is 0 Å². The summed E-state index contributed by atoms with van der Waals surface area (Å²) in [4.78, 5) is 0. The summed E-state index contributed by atoms with van der Waals surface area (Å²) in [5.41, 5.74) is 6.59. The van der Waals surface area contributed by atoms with Gasteiger partial charge in [-0.3, -0.25) is 0 Å². The summed E-state index contributed by atoms with van der Waals surface area (Å²) in [7, 11) is 1.59. The lowest BCUT2D eigenvalue weighted by Gasteiger charge is -2.20. The third kappa shape index (κ3) is 3.29.